The standard InChI is InChI=1S/C25H31N7O/c1-15-13-32(14-22(33-15)19(11-27)12-28-20-7-8-20)25-30-23(17-5-3-4-6-17)21-9-18(10-26)16(2)29-24(21)31-25/h9,11-12,15,17,20,22H,3-8,13-14,27H2,1-2H3/b19-11+,28-12?. The number of nitriles is 1. The van der Waals surface area contributed by atoms with Gasteiger partial charge in [0, 0.05) is 35.8 Å². The minimum absolute atomic E-state index is 0.00193. The summed E-state index contributed by atoms with van der Waals surface area (Å²) in [7, 11) is 0. The molecule has 2 aliphatic carbocycles. The van der Waals surface area contributed by atoms with E-state index >= 15 is 0 Å². The molecule has 8 nitrogen and oxygen atoms in total. The van der Waals surface area contributed by atoms with E-state index in [1.807, 2.05) is 19.2 Å². The monoisotopic (exact) mass is 445 g/mol. The number of aliphatic imine (C=N–C) groups is 1. The second-order valence-corrected chi connectivity index (χ2v) is 9.51. The maximum absolute atomic E-state index is 9.53. The van der Waals surface area contributed by atoms with Gasteiger partial charge in [0.05, 0.1) is 35.6 Å². The second kappa shape index (κ2) is 9.06. The van der Waals surface area contributed by atoms with Crippen molar-refractivity contribution in [3.05, 3.63) is 34.8 Å². The zero-order valence-corrected chi connectivity index (χ0v) is 19.4. The molecule has 1 saturated heterocycles. The van der Waals surface area contributed by atoms with Crippen molar-refractivity contribution in [3.8, 4) is 6.07 Å². The highest BCUT2D eigenvalue weighted by Crippen LogP contribution is 2.37. The highest BCUT2D eigenvalue weighted by Gasteiger charge is 2.31. The van der Waals surface area contributed by atoms with E-state index in [1.165, 1.54) is 12.8 Å². The number of anilines is 1. The fourth-order valence-corrected chi connectivity index (χ4v) is 4.87. The van der Waals surface area contributed by atoms with Crippen LogP contribution in [0, 0.1) is 18.3 Å². The number of aryl methyl sites for hydroxylation is 1. The van der Waals surface area contributed by atoms with Crippen LogP contribution in [-0.2, 0) is 4.74 Å². The summed E-state index contributed by atoms with van der Waals surface area (Å²) in [4.78, 5) is 21.4. The molecule has 0 radical (unpaired) electrons. The van der Waals surface area contributed by atoms with Gasteiger partial charge < -0.3 is 15.4 Å². The largest absolute Gasteiger partial charge is 0.404 e. The van der Waals surface area contributed by atoms with Crippen molar-refractivity contribution in [2.75, 3.05) is 18.0 Å². The summed E-state index contributed by atoms with van der Waals surface area (Å²) in [5, 5.41) is 10.4. The Balaban J connectivity index is 1.52. The Labute approximate surface area is 194 Å². The van der Waals surface area contributed by atoms with Crippen LogP contribution in [0.3, 0.4) is 0 Å². The molecule has 3 fully saturated rings. The Kier molecular flexibility index (Phi) is 5.98. The smallest absolute Gasteiger partial charge is 0.227 e. The number of fused-ring (bicyclic) bond motifs is 1. The number of morpholine rings is 1. The first-order valence-electron chi connectivity index (χ1n) is 12.0. The molecule has 2 aromatic rings. The molecule has 3 aliphatic rings. The van der Waals surface area contributed by atoms with Crippen molar-refractivity contribution in [2.24, 2.45) is 10.7 Å². The summed E-state index contributed by atoms with van der Waals surface area (Å²) in [6, 6.07) is 4.62. The molecule has 0 spiro atoms. The number of ether oxygens (including phenoxy) is 1. The Hall–Kier alpha value is -3.05. The van der Waals surface area contributed by atoms with E-state index in [1.54, 1.807) is 6.20 Å². The maximum Gasteiger partial charge on any atom is 0.227 e. The van der Waals surface area contributed by atoms with Crippen molar-refractivity contribution < 1.29 is 4.74 Å². The number of hydrogen-bond acceptors (Lipinski definition) is 8. The lowest BCUT2D eigenvalue weighted by Gasteiger charge is -2.37. The lowest BCUT2D eigenvalue weighted by atomic mass is 9.99. The van der Waals surface area contributed by atoms with E-state index in [9.17, 15) is 5.26 Å². The molecule has 0 aromatic carbocycles. The summed E-state index contributed by atoms with van der Waals surface area (Å²) in [5.74, 6) is 1.06. The quantitative estimate of drug-likeness (QED) is 0.700. The molecule has 2 N–H and O–H groups in total. The summed E-state index contributed by atoms with van der Waals surface area (Å²) in [6.07, 6.45) is 10.2. The third-order valence-corrected chi connectivity index (χ3v) is 6.85. The van der Waals surface area contributed by atoms with Crippen LogP contribution < -0.4 is 10.6 Å². The molecule has 3 heterocycles. The molecule has 1 aliphatic heterocycles. The Morgan fingerprint density at radius 3 is 2.70 bits per heavy atom. The summed E-state index contributed by atoms with van der Waals surface area (Å²) >= 11 is 0. The first-order chi connectivity index (χ1) is 16.1. The number of pyridine rings is 1. The van der Waals surface area contributed by atoms with Crippen molar-refractivity contribution in [1.82, 2.24) is 15.0 Å². The van der Waals surface area contributed by atoms with Gasteiger partial charge in [0.1, 0.15) is 12.2 Å². The van der Waals surface area contributed by atoms with Gasteiger partial charge in [-0.1, -0.05) is 12.8 Å². The van der Waals surface area contributed by atoms with Crippen LogP contribution in [0.25, 0.3) is 11.0 Å². The van der Waals surface area contributed by atoms with E-state index in [4.69, 9.17) is 25.4 Å². The third kappa shape index (κ3) is 4.55. The Bertz CT molecular complexity index is 1140. The number of aromatic nitrogens is 3. The highest BCUT2D eigenvalue weighted by atomic mass is 16.5. The number of rotatable bonds is 5. The fourth-order valence-electron chi connectivity index (χ4n) is 4.87. The maximum atomic E-state index is 9.53. The fraction of sp³-hybridized carbons (Fsp3) is 0.560. The predicted octanol–water partition coefficient (Wildman–Crippen LogP) is 3.53. The summed E-state index contributed by atoms with van der Waals surface area (Å²) in [6.45, 7) is 5.22. The molecule has 5 rings (SSSR count). The van der Waals surface area contributed by atoms with Gasteiger partial charge in [-0.25, -0.2) is 9.97 Å². The third-order valence-electron chi connectivity index (χ3n) is 6.85. The minimum atomic E-state index is -0.189. The van der Waals surface area contributed by atoms with Crippen LogP contribution in [0.2, 0.25) is 0 Å². The lowest BCUT2D eigenvalue weighted by Crippen LogP contribution is -2.48. The normalized spacial score (nSPS) is 24.6. The molecule has 0 bridgehead atoms. The topological polar surface area (TPSA) is 113 Å². The van der Waals surface area contributed by atoms with Gasteiger partial charge in [-0.3, -0.25) is 4.99 Å². The van der Waals surface area contributed by atoms with Gasteiger partial charge in [0.25, 0.3) is 0 Å². The number of hydrogen-bond donors (Lipinski definition) is 1. The van der Waals surface area contributed by atoms with Crippen LogP contribution >= 0.6 is 0 Å². The lowest BCUT2D eigenvalue weighted by molar-refractivity contribution is 0.00664. The van der Waals surface area contributed by atoms with Crippen LogP contribution in [0.1, 0.15) is 68.3 Å². The molecule has 2 unspecified atom stereocenters. The van der Waals surface area contributed by atoms with Crippen LogP contribution in [0.4, 0.5) is 5.95 Å². The minimum Gasteiger partial charge on any atom is -0.404 e. The molecule has 33 heavy (non-hydrogen) atoms. The van der Waals surface area contributed by atoms with Gasteiger partial charge in [-0.15, -0.1) is 0 Å². The van der Waals surface area contributed by atoms with Crippen LogP contribution in [0.5, 0.6) is 0 Å². The van der Waals surface area contributed by atoms with E-state index in [0.29, 0.717) is 47.9 Å². The molecule has 2 atom stereocenters. The van der Waals surface area contributed by atoms with E-state index in [2.05, 4.69) is 22.9 Å². The van der Waals surface area contributed by atoms with Crippen molar-refractivity contribution in [1.29, 1.82) is 5.26 Å². The van der Waals surface area contributed by atoms with Gasteiger partial charge in [0.15, 0.2) is 5.65 Å². The van der Waals surface area contributed by atoms with E-state index < -0.39 is 0 Å². The van der Waals surface area contributed by atoms with E-state index in [-0.39, 0.29) is 12.2 Å². The van der Waals surface area contributed by atoms with Crippen LogP contribution in [-0.4, -0.2) is 52.5 Å². The van der Waals surface area contributed by atoms with Gasteiger partial charge in [-0.05, 0) is 45.6 Å². The van der Waals surface area contributed by atoms with Gasteiger partial charge >= 0.3 is 0 Å². The average molecular weight is 446 g/mol. The molecule has 172 valence electrons. The first kappa shape index (κ1) is 21.8. The van der Waals surface area contributed by atoms with Crippen molar-refractivity contribution in [3.63, 3.8) is 0 Å². The molecular formula is C25H31N7O. The molecule has 2 aromatic heterocycles. The average Bonchev–Trinajstić information content (AvgIpc) is 3.48. The Morgan fingerprint density at radius 1 is 1.21 bits per heavy atom. The summed E-state index contributed by atoms with van der Waals surface area (Å²) in [5.41, 5.74) is 9.82. The highest BCUT2D eigenvalue weighted by molar-refractivity contribution is 5.82. The first-order valence-corrected chi connectivity index (χ1v) is 12.0. The number of nitrogens with zero attached hydrogens (tertiary/aromatic N) is 6. The predicted molar refractivity (Wildman–Crippen MR) is 128 cm³/mol. The molecule has 0 amide bonds. The molecule has 8 heteroatoms. The summed E-state index contributed by atoms with van der Waals surface area (Å²) < 4.78 is 6.22. The SMILES string of the molecule is Cc1nc2nc(N3CC(C)OC(/C(C=NC4CC4)=C/N)C3)nc(C3CCCC3)c2cc1C#N. The Morgan fingerprint density at radius 2 is 2.00 bits per heavy atom. The molecular weight excluding hydrogens is 414 g/mol. The second-order valence-electron chi connectivity index (χ2n) is 9.51. The van der Waals surface area contributed by atoms with Crippen molar-refractivity contribution in [2.45, 2.75) is 76.5 Å². The van der Waals surface area contributed by atoms with Gasteiger partial charge in [0.2, 0.25) is 5.95 Å². The van der Waals surface area contributed by atoms with Crippen molar-refractivity contribution >= 4 is 23.2 Å². The zero-order valence-electron chi connectivity index (χ0n) is 19.4. The van der Waals surface area contributed by atoms with Gasteiger partial charge in [-0.2, -0.15) is 10.2 Å². The van der Waals surface area contributed by atoms with E-state index in [0.717, 1.165) is 42.3 Å². The zero-order chi connectivity index (χ0) is 22.9. The van der Waals surface area contributed by atoms with Crippen LogP contribution in [0.15, 0.2) is 22.8 Å². The molecule has 2 saturated carbocycles. The number of nitrogens with two attached hydrogens (primary N) is 1.